The molecule has 19 heavy (non-hydrogen) atoms. The second-order valence-corrected chi connectivity index (χ2v) is 8.21. The molecule has 2 rings (SSSR count). The van der Waals surface area contributed by atoms with E-state index >= 15 is 0 Å². The minimum absolute atomic E-state index is 0.0678. The van der Waals surface area contributed by atoms with E-state index in [9.17, 15) is 8.42 Å². The Morgan fingerprint density at radius 1 is 1.53 bits per heavy atom. The van der Waals surface area contributed by atoms with E-state index in [1.54, 1.807) is 7.11 Å². The zero-order chi connectivity index (χ0) is 14.3. The zero-order valence-corrected chi connectivity index (χ0v) is 12.6. The van der Waals surface area contributed by atoms with Crippen LogP contribution in [-0.2, 0) is 14.8 Å². The Balaban J connectivity index is 2.14. The Morgan fingerprint density at radius 2 is 2.21 bits per heavy atom. The molecule has 1 aromatic rings. The van der Waals surface area contributed by atoms with E-state index in [1.165, 1.54) is 12.1 Å². The molecular formula is C12H16N2O3S2. The van der Waals surface area contributed by atoms with Crippen molar-refractivity contribution in [1.29, 1.82) is 5.26 Å². The molecule has 0 aromatic carbocycles. The summed E-state index contributed by atoms with van der Waals surface area (Å²) in [6, 6.07) is 4.78. The predicted molar refractivity (Wildman–Crippen MR) is 72.3 cm³/mol. The molecule has 1 N–H and O–H groups in total. The van der Waals surface area contributed by atoms with Gasteiger partial charge in [0, 0.05) is 18.6 Å². The second-order valence-electron chi connectivity index (χ2n) is 5.19. The van der Waals surface area contributed by atoms with Gasteiger partial charge in [0.2, 0.25) is 10.0 Å². The van der Waals surface area contributed by atoms with Crippen LogP contribution in [0.15, 0.2) is 16.3 Å². The molecule has 1 saturated carbocycles. The summed E-state index contributed by atoms with van der Waals surface area (Å²) >= 11 is 0.980. The smallest absolute Gasteiger partial charge is 0.250 e. The van der Waals surface area contributed by atoms with Crippen molar-refractivity contribution in [1.82, 2.24) is 4.72 Å². The van der Waals surface area contributed by atoms with Gasteiger partial charge in [-0.3, -0.25) is 0 Å². The highest BCUT2D eigenvalue weighted by Gasteiger charge is 2.50. The number of nitrogens with one attached hydrogen (secondary N) is 1. The van der Waals surface area contributed by atoms with Crippen LogP contribution in [0, 0.1) is 16.7 Å². The second kappa shape index (κ2) is 4.87. The van der Waals surface area contributed by atoms with Gasteiger partial charge in [-0.1, -0.05) is 13.8 Å². The molecule has 1 fully saturated rings. The van der Waals surface area contributed by atoms with Crippen molar-refractivity contribution in [2.45, 2.75) is 36.6 Å². The average Bonchev–Trinajstić information content (AvgIpc) is 2.83. The van der Waals surface area contributed by atoms with Crippen LogP contribution < -0.4 is 4.72 Å². The van der Waals surface area contributed by atoms with Crippen molar-refractivity contribution in [2.24, 2.45) is 5.41 Å². The number of methoxy groups -OCH3 is 1. The first-order chi connectivity index (χ1) is 8.81. The number of ether oxygens (including phenoxy) is 1. The summed E-state index contributed by atoms with van der Waals surface area (Å²) in [7, 11) is -1.92. The van der Waals surface area contributed by atoms with E-state index < -0.39 is 10.0 Å². The van der Waals surface area contributed by atoms with Crippen molar-refractivity contribution in [3.05, 3.63) is 17.0 Å². The van der Waals surface area contributed by atoms with Crippen LogP contribution in [0.2, 0.25) is 0 Å². The maximum absolute atomic E-state index is 12.2. The van der Waals surface area contributed by atoms with Gasteiger partial charge >= 0.3 is 0 Å². The van der Waals surface area contributed by atoms with Gasteiger partial charge in [0.25, 0.3) is 0 Å². The lowest BCUT2D eigenvalue weighted by molar-refractivity contribution is -0.0908. The van der Waals surface area contributed by atoms with Gasteiger partial charge in [-0.15, -0.1) is 11.3 Å². The van der Waals surface area contributed by atoms with Crippen LogP contribution in [0.5, 0.6) is 0 Å². The first-order valence-corrected chi connectivity index (χ1v) is 8.16. The lowest BCUT2D eigenvalue weighted by atomic mass is 9.65. The first kappa shape index (κ1) is 14.5. The molecule has 0 aliphatic heterocycles. The normalized spacial score (nSPS) is 25.6. The molecule has 0 radical (unpaired) electrons. The molecule has 1 aliphatic carbocycles. The van der Waals surface area contributed by atoms with Gasteiger partial charge in [0.1, 0.15) is 15.2 Å². The van der Waals surface area contributed by atoms with Crippen LogP contribution >= 0.6 is 11.3 Å². The predicted octanol–water partition coefficient (Wildman–Crippen LogP) is 1.71. The summed E-state index contributed by atoms with van der Waals surface area (Å²) in [4.78, 5) is 0.392. The molecule has 0 amide bonds. The quantitative estimate of drug-likeness (QED) is 0.918. The van der Waals surface area contributed by atoms with Crippen molar-refractivity contribution in [2.75, 3.05) is 7.11 Å². The molecule has 1 heterocycles. The SMILES string of the molecule is COC1CC(NS(=O)(=O)c2ccc(C#N)s2)C1(C)C. The zero-order valence-electron chi connectivity index (χ0n) is 11.0. The number of thiophene rings is 1. The van der Waals surface area contributed by atoms with Gasteiger partial charge in [0.15, 0.2) is 0 Å². The average molecular weight is 300 g/mol. The minimum Gasteiger partial charge on any atom is -0.381 e. The fraction of sp³-hybridized carbons (Fsp3) is 0.583. The first-order valence-electron chi connectivity index (χ1n) is 5.86. The van der Waals surface area contributed by atoms with Gasteiger partial charge in [-0.2, -0.15) is 5.26 Å². The molecule has 7 heteroatoms. The fourth-order valence-electron chi connectivity index (χ4n) is 2.26. The largest absolute Gasteiger partial charge is 0.381 e. The van der Waals surface area contributed by atoms with Crippen LogP contribution in [-0.4, -0.2) is 27.7 Å². The van der Waals surface area contributed by atoms with Crippen LogP contribution in [0.1, 0.15) is 25.1 Å². The van der Waals surface area contributed by atoms with Crippen molar-refractivity contribution < 1.29 is 13.2 Å². The lowest BCUT2D eigenvalue weighted by Crippen LogP contribution is -2.61. The maximum atomic E-state index is 12.2. The summed E-state index contributed by atoms with van der Waals surface area (Å²) in [6.45, 7) is 3.96. The summed E-state index contributed by atoms with van der Waals surface area (Å²) in [6.07, 6.45) is 0.734. The molecule has 104 valence electrons. The Bertz CT molecular complexity index is 613. The topological polar surface area (TPSA) is 79.2 Å². The molecule has 2 unspecified atom stereocenters. The Hall–Kier alpha value is -0.940. The Morgan fingerprint density at radius 3 is 2.68 bits per heavy atom. The highest BCUT2D eigenvalue weighted by atomic mass is 32.2. The van der Waals surface area contributed by atoms with E-state index in [4.69, 9.17) is 10.00 Å². The van der Waals surface area contributed by atoms with E-state index in [1.807, 2.05) is 19.9 Å². The van der Waals surface area contributed by atoms with Crippen molar-refractivity contribution in [3.8, 4) is 6.07 Å². The van der Waals surface area contributed by atoms with Gasteiger partial charge in [-0.05, 0) is 18.6 Å². The number of hydrogen-bond acceptors (Lipinski definition) is 5. The molecular weight excluding hydrogens is 284 g/mol. The summed E-state index contributed by atoms with van der Waals surface area (Å²) in [5.74, 6) is 0. The minimum atomic E-state index is -3.55. The van der Waals surface area contributed by atoms with Gasteiger partial charge < -0.3 is 4.74 Å². The molecule has 1 aromatic heterocycles. The fourth-order valence-corrected chi connectivity index (χ4v) is 4.78. The van der Waals surface area contributed by atoms with Gasteiger partial charge in [0.05, 0.1) is 6.10 Å². The van der Waals surface area contributed by atoms with Crippen molar-refractivity contribution >= 4 is 21.4 Å². The maximum Gasteiger partial charge on any atom is 0.250 e. The van der Waals surface area contributed by atoms with E-state index in [2.05, 4.69) is 4.72 Å². The number of hydrogen-bond donors (Lipinski definition) is 1. The summed E-state index contributed by atoms with van der Waals surface area (Å²) < 4.78 is 32.6. The van der Waals surface area contributed by atoms with Crippen LogP contribution in [0.4, 0.5) is 0 Å². The molecule has 0 bridgehead atoms. The molecule has 2 atom stereocenters. The van der Waals surface area contributed by atoms with Crippen molar-refractivity contribution in [3.63, 3.8) is 0 Å². The molecule has 5 nitrogen and oxygen atoms in total. The van der Waals surface area contributed by atoms with E-state index in [0.29, 0.717) is 11.3 Å². The highest BCUT2D eigenvalue weighted by Crippen LogP contribution is 2.43. The van der Waals surface area contributed by atoms with E-state index in [-0.39, 0.29) is 21.8 Å². The molecule has 0 saturated heterocycles. The van der Waals surface area contributed by atoms with Crippen LogP contribution in [0.25, 0.3) is 0 Å². The number of rotatable bonds is 4. The van der Waals surface area contributed by atoms with Gasteiger partial charge in [-0.25, -0.2) is 13.1 Å². The summed E-state index contributed by atoms with van der Waals surface area (Å²) in [5, 5.41) is 8.73. The number of sulfonamides is 1. The molecule has 1 aliphatic rings. The molecule has 0 spiro atoms. The number of nitrogens with zero attached hydrogens (tertiary/aromatic N) is 1. The third kappa shape index (κ3) is 2.54. The third-order valence-corrected chi connectivity index (χ3v) is 6.67. The number of nitriles is 1. The lowest BCUT2D eigenvalue weighted by Gasteiger charge is -2.50. The Kier molecular flexibility index (Phi) is 3.71. The Labute approximate surface area is 117 Å². The monoisotopic (exact) mass is 300 g/mol. The third-order valence-electron chi connectivity index (χ3n) is 3.72. The summed E-state index contributed by atoms with van der Waals surface area (Å²) in [5.41, 5.74) is -0.225. The highest BCUT2D eigenvalue weighted by molar-refractivity contribution is 7.91. The van der Waals surface area contributed by atoms with E-state index in [0.717, 1.165) is 11.3 Å². The van der Waals surface area contributed by atoms with Crippen LogP contribution in [0.3, 0.4) is 0 Å². The standard InChI is InChI=1S/C12H16N2O3S2/c1-12(2)9(6-10(12)17-3)14-19(15,16)11-5-4-8(7-13)18-11/h4-5,9-10,14H,6H2,1-3H3.